The SMILES string of the molecule is COc1cc(F)cc(-c2c(C#N)c(N)[nH]c(=O)c2C#N)c1. The molecule has 0 atom stereocenters. The van der Waals surface area contributed by atoms with Gasteiger partial charge in [0.1, 0.15) is 40.6 Å². The van der Waals surface area contributed by atoms with Gasteiger partial charge in [-0.25, -0.2) is 4.39 Å². The third-order valence-corrected chi connectivity index (χ3v) is 2.86. The number of rotatable bonds is 2. The van der Waals surface area contributed by atoms with Gasteiger partial charge in [-0.2, -0.15) is 10.5 Å². The van der Waals surface area contributed by atoms with Crippen molar-refractivity contribution in [1.82, 2.24) is 4.98 Å². The molecule has 21 heavy (non-hydrogen) atoms. The largest absolute Gasteiger partial charge is 0.497 e. The van der Waals surface area contributed by atoms with E-state index in [9.17, 15) is 14.4 Å². The predicted molar refractivity (Wildman–Crippen MR) is 72.9 cm³/mol. The summed E-state index contributed by atoms with van der Waals surface area (Å²) in [7, 11) is 1.35. The fourth-order valence-electron chi connectivity index (χ4n) is 1.96. The average molecular weight is 284 g/mol. The molecule has 0 bridgehead atoms. The highest BCUT2D eigenvalue weighted by Crippen LogP contribution is 2.31. The molecule has 0 saturated carbocycles. The van der Waals surface area contributed by atoms with Gasteiger partial charge in [-0.15, -0.1) is 0 Å². The van der Waals surface area contributed by atoms with Crippen LogP contribution in [0.2, 0.25) is 0 Å². The molecule has 6 nitrogen and oxygen atoms in total. The van der Waals surface area contributed by atoms with Gasteiger partial charge in [0.15, 0.2) is 0 Å². The van der Waals surface area contributed by atoms with Crippen molar-refractivity contribution >= 4 is 5.82 Å². The van der Waals surface area contributed by atoms with Gasteiger partial charge in [0.25, 0.3) is 5.56 Å². The van der Waals surface area contributed by atoms with Crippen molar-refractivity contribution in [2.75, 3.05) is 12.8 Å². The van der Waals surface area contributed by atoms with Gasteiger partial charge < -0.3 is 15.5 Å². The molecule has 0 aliphatic heterocycles. The van der Waals surface area contributed by atoms with E-state index in [1.807, 2.05) is 6.07 Å². The molecule has 0 radical (unpaired) electrons. The molecule has 0 aliphatic rings. The maximum atomic E-state index is 13.6. The van der Waals surface area contributed by atoms with Crippen LogP contribution in [0.15, 0.2) is 23.0 Å². The van der Waals surface area contributed by atoms with Gasteiger partial charge in [-0.1, -0.05) is 0 Å². The summed E-state index contributed by atoms with van der Waals surface area (Å²) < 4.78 is 18.6. The Balaban J connectivity index is 2.93. The number of aromatic nitrogens is 1. The number of nitrogen functional groups attached to an aromatic ring is 1. The summed E-state index contributed by atoms with van der Waals surface area (Å²) in [4.78, 5) is 14.0. The Kier molecular flexibility index (Phi) is 3.59. The molecule has 7 heteroatoms. The zero-order valence-electron chi connectivity index (χ0n) is 10.9. The van der Waals surface area contributed by atoms with Crippen LogP contribution in [-0.4, -0.2) is 12.1 Å². The third-order valence-electron chi connectivity index (χ3n) is 2.86. The number of nitrogens with zero attached hydrogens (tertiary/aromatic N) is 2. The first-order valence-electron chi connectivity index (χ1n) is 5.72. The zero-order valence-corrected chi connectivity index (χ0v) is 10.9. The maximum Gasteiger partial charge on any atom is 0.268 e. The quantitative estimate of drug-likeness (QED) is 0.867. The number of aromatic amines is 1. The Morgan fingerprint density at radius 3 is 2.48 bits per heavy atom. The van der Waals surface area contributed by atoms with Crippen LogP contribution in [0, 0.1) is 28.5 Å². The Morgan fingerprint density at radius 2 is 1.90 bits per heavy atom. The number of nitrogens with two attached hydrogens (primary N) is 1. The van der Waals surface area contributed by atoms with E-state index in [4.69, 9.17) is 15.7 Å². The zero-order chi connectivity index (χ0) is 15.6. The molecule has 0 spiro atoms. The van der Waals surface area contributed by atoms with Gasteiger partial charge in [-0.3, -0.25) is 4.79 Å². The van der Waals surface area contributed by atoms with Gasteiger partial charge in [-0.05, 0) is 17.7 Å². The minimum atomic E-state index is -0.743. The first-order valence-corrected chi connectivity index (χ1v) is 5.72. The third kappa shape index (κ3) is 2.40. The number of H-pyrrole nitrogens is 1. The van der Waals surface area contributed by atoms with E-state index in [2.05, 4.69) is 4.98 Å². The van der Waals surface area contributed by atoms with Gasteiger partial charge in [0, 0.05) is 11.6 Å². The van der Waals surface area contributed by atoms with Crippen molar-refractivity contribution in [2.24, 2.45) is 0 Å². The normalized spacial score (nSPS) is 9.71. The van der Waals surface area contributed by atoms with Crippen LogP contribution in [0.4, 0.5) is 10.2 Å². The van der Waals surface area contributed by atoms with E-state index in [1.165, 1.54) is 13.2 Å². The lowest BCUT2D eigenvalue weighted by Gasteiger charge is -2.10. The first kappa shape index (κ1) is 14.1. The monoisotopic (exact) mass is 284 g/mol. The van der Waals surface area contributed by atoms with Crippen LogP contribution in [0.1, 0.15) is 11.1 Å². The molecule has 1 aromatic carbocycles. The lowest BCUT2D eigenvalue weighted by Crippen LogP contribution is -2.16. The van der Waals surface area contributed by atoms with Crippen LogP contribution in [-0.2, 0) is 0 Å². The second-order valence-electron chi connectivity index (χ2n) is 4.10. The van der Waals surface area contributed by atoms with E-state index in [0.29, 0.717) is 0 Å². The van der Waals surface area contributed by atoms with Crippen LogP contribution < -0.4 is 16.0 Å². The Labute approximate surface area is 118 Å². The van der Waals surface area contributed by atoms with Crippen molar-refractivity contribution in [2.45, 2.75) is 0 Å². The molecular formula is C14H9FN4O2. The number of anilines is 1. The van der Waals surface area contributed by atoms with Crippen molar-refractivity contribution < 1.29 is 9.13 Å². The number of nitriles is 2. The number of ether oxygens (including phenoxy) is 1. The molecule has 0 saturated heterocycles. The molecule has 1 aromatic heterocycles. The Morgan fingerprint density at radius 1 is 1.24 bits per heavy atom. The van der Waals surface area contributed by atoms with Crippen molar-refractivity contribution in [3.05, 3.63) is 45.5 Å². The van der Waals surface area contributed by atoms with Crippen molar-refractivity contribution in [3.63, 3.8) is 0 Å². The molecular weight excluding hydrogens is 275 g/mol. The summed E-state index contributed by atoms with van der Waals surface area (Å²) >= 11 is 0. The summed E-state index contributed by atoms with van der Waals surface area (Å²) in [6, 6.07) is 7.17. The molecule has 2 aromatic rings. The highest BCUT2D eigenvalue weighted by Gasteiger charge is 2.19. The summed E-state index contributed by atoms with van der Waals surface area (Å²) in [5, 5.41) is 18.3. The second-order valence-corrected chi connectivity index (χ2v) is 4.10. The lowest BCUT2D eigenvalue weighted by atomic mass is 9.96. The lowest BCUT2D eigenvalue weighted by molar-refractivity contribution is 0.411. The van der Waals surface area contributed by atoms with Crippen LogP contribution in [0.3, 0.4) is 0 Å². The molecule has 0 amide bonds. The fraction of sp³-hybridized carbons (Fsp3) is 0.0714. The van der Waals surface area contributed by atoms with Crippen LogP contribution in [0.5, 0.6) is 5.75 Å². The number of benzene rings is 1. The fourth-order valence-corrected chi connectivity index (χ4v) is 1.96. The van der Waals surface area contributed by atoms with Crippen LogP contribution >= 0.6 is 0 Å². The van der Waals surface area contributed by atoms with E-state index in [1.54, 1.807) is 6.07 Å². The van der Waals surface area contributed by atoms with Crippen molar-refractivity contribution in [3.8, 4) is 29.0 Å². The number of pyridine rings is 1. The van der Waals surface area contributed by atoms with Crippen LogP contribution in [0.25, 0.3) is 11.1 Å². The van der Waals surface area contributed by atoms with E-state index >= 15 is 0 Å². The highest BCUT2D eigenvalue weighted by atomic mass is 19.1. The number of hydrogen-bond acceptors (Lipinski definition) is 5. The van der Waals surface area contributed by atoms with Crippen molar-refractivity contribution in [1.29, 1.82) is 10.5 Å². The summed E-state index contributed by atoms with van der Waals surface area (Å²) in [5.74, 6) is -0.618. The average Bonchev–Trinajstić information content (AvgIpc) is 2.45. The molecule has 2 rings (SSSR count). The van der Waals surface area contributed by atoms with Gasteiger partial charge in [0.2, 0.25) is 0 Å². The van der Waals surface area contributed by atoms with Gasteiger partial charge in [0.05, 0.1) is 7.11 Å². The highest BCUT2D eigenvalue weighted by molar-refractivity contribution is 5.80. The summed E-state index contributed by atoms with van der Waals surface area (Å²) in [5.41, 5.74) is 4.59. The summed E-state index contributed by atoms with van der Waals surface area (Å²) in [6.07, 6.45) is 0. The standard InChI is InChI=1S/C14H9FN4O2/c1-21-9-3-7(2-8(15)4-9)12-10(5-16)13(18)19-14(20)11(12)6-17/h2-4H,1H3,(H3,18,19,20). The van der Waals surface area contributed by atoms with Gasteiger partial charge >= 0.3 is 0 Å². The molecule has 0 unspecified atom stereocenters. The predicted octanol–water partition coefficient (Wildman–Crippen LogP) is 1.52. The second kappa shape index (κ2) is 5.35. The smallest absolute Gasteiger partial charge is 0.268 e. The maximum absolute atomic E-state index is 13.6. The molecule has 3 N–H and O–H groups in total. The number of nitrogens with one attached hydrogen (secondary N) is 1. The minimum Gasteiger partial charge on any atom is -0.497 e. The van der Waals surface area contributed by atoms with E-state index < -0.39 is 11.4 Å². The molecule has 1 heterocycles. The molecule has 104 valence electrons. The minimum absolute atomic E-state index is 0.0148. The number of hydrogen-bond donors (Lipinski definition) is 2. The Hall–Kier alpha value is -3.32. The van der Waals surface area contributed by atoms with E-state index in [-0.39, 0.29) is 33.8 Å². The Bertz CT molecular complexity index is 859. The number of methoxy groups -OCH3 is 1. The van der Waals surface area contributed by atoms with E-state index in [0.717, 1.165) is 12.1 Å². The first-order chi connectivity index (χ1) is 10.0. The number of halogens is 1. The topological polar surface area (TPSA) is 116 Å². The molecule has 0 aliphatic carbocycles. The summed E-state index contributed by atoms with van der Waals surface area (Å²) in [6.45, 7) is 0. The molecule has 0 fully saturated rings.